The van der Waals surface area contributed by atoms with Gasteiger partial charge in [-0.2, -0.15) is 13.2 Å². The van der Waals surface area contributed by atoms with Gasteiger partial charge in [-0.3, -0.25) is 4.98 Å². The molecule has 6 rings (SSSR count). The van der Waals surface area contributed by atoms with Crippen molar-refractivity contribution in [1.29, 1.82) is 0 Å². The smallest absolute Gasteiger partial charge is 0.381 e. The lowest BCUT2D eigenvalue weighted by atomic mass is 9.88. The van der Waals surface area contributed by atoms with Crippen molar-refractivity contribution < 1.29 is 22.6 Å². The highest BCUT2D eigenvalue weighted by molar-refractivity contribution is 5.85. The number of rotatable bonds is 4. The number of morpholine rings is 1. The Morgan fingerprint density at radius 2 is 1.88 bits per heavy atom. The molecule has 0 bridgehead atoms. The minimum Gasteiger partial charge on any atom is -0.381 e. The average Bonchev–Trinajstić information content (AvgIpc) is 3.58. The molecular formula is C25H27F3N4O2. The first-order valence-electron chi connectivity index (χ1n) is 11.9. The van der Waals surface area contributed by atoms with Crippen molar-refractivity contribution in [2.24, 2.45) is 0 Å². The average molecular weight is 473 g/mol. The van der Waals surface area contributed by atoms with Crippen LogP contribution in [0.5, 0.6) is 0 Å². The van der Waals surface area contributed by atoms with Gasteiger partial charge in [0.05, 0.1) is 36.1 Å². The molecule has 5 heterocycles. The van der Waals surface area contributed by atoms with Crippen molar-refractivity contribution in [2.75, 3.05) is 33.0 Å². The van der Waals surface area contributed by atoms with Gasteiger partial charge in [-0.05, 0) is 54.9 Å². The molecule has 34 heavy (non-hydrogen) atoms. The molecule has 1 saturated carbocycles. The number of aromatic amines is 1. The molecule has 0 amide bonds. The van der Waals surface area contributed by atoms with Gasteiger partial charge in [0.25, 0.3) is 0 Å². The van der Waals surface area contributed by atoms with Crippen molar-refractivity contribution in [2.45, 2.75) is 49.2 Å². The quantitative estimate of drug-likeness (QED) is 0.572. The Morgan fingerprint density at radius 1 is 1.06 bits per heavy atom. The van der Waals surface area contributed by atoms with Crippen LogP contribution in [-0.2, 0) is 14.9 Å². The number of hydrogen-bond donors (Lipinski definition) is 2. The maximum Gasteiger partial charge on any atom is 0.398 e. The molecule has 9 heteroatoms. The number of nitrogens with one attached hydrogen (secondary N) is 2. The SMILES string of the molecule is FC(F)(F)C1(c2c[nH]c3ncc(-c4ccc(C5CCOCC5)c([C@@H]5COCCN5)n4)cc23)CC1. The molecule has 3 fully saturated rings. The normalized spacial score (nSPS) is 23.3. The maximum absolute atomic E-state index is 13.8. The minimum absolute atomic E-state index is 0.0222. The summed E-state index contributed by atoms with van der Waals surface area (Å²) in [7, 11) is 0. The van der Waals surface area contributed by atoms with Gasteiger partial charge >= 0.3 is 6.18 Å². The zero-order valence-corrected chi connectivity index (χ0v) is 18.8. The number of nitrogens with zero attached hydrogens (tertiary/aromatic N) is 2. The molecule has 0 spiro atoms. The molecule has 2 N–H and O–H groups in total. The summed E-state index contributed by atoms with van der Waals surface area (Å²) in [5.41, 5.74) is 2.55. The number of H-pyrrole nitrogens is 1. The topological polar surface area (TPSA) is 72.1 Å². The highest BCUT2D eigenvalue weighted by Gasteiger charge is 2.65. The van der Waals surface area contributed by atoms with Crippen molar-refractivity contribution in [3.63, 3.8) is 0 Å². The van der Waals surface area contributed by atoms with Crippen LogP contribution in [0, 0.1) is 0 Å². The molecule has 3 aliphatic rings. The van der Waals surface area contributed by atoms with Crippen LogP contribution in [0.3, 0.4) is 0 Å². The van der Waals surface area contributed by atoms with Gasteiger partial charge < -0.3 is 19.8 Å². The molecule has 3 aromatic heterocycles. The monoisotopic (exact) mass is 472 g/mol. The van der Waals surface area contributed by atoms with Crippen LogP contribution in [0.2, 0.25) is 0 Å². The fourth-order valence-corrected chi connectivity index (χ4v) is 5.39. The number of pyridine rings is 2. The van der Waals surface area contributed by atoms with E-state index in [-0.39, 0.29) is 24.4 Å². The summed E-state index contributed by atoms with van der Waals surface area (Å²) in [4.78, 5) is 12.4. The van der Waals surface area contributed by atoms with E-state index in [9.17, 15) is 13.2 Å². The van der Waals surface area contributed by atoms with E-state index >= 15 is 0 Å². The first kappa shape index (κ1) is 22.0. The lowest BCUT2D eigenvalue weighted by molar-refractivity contribution is -0.160. The minimum atomic E-state index is -4.28. The molecule has 0 unspecified atom stereocenters. The van der Waals surface area contributed by atoms with Crippen molar-refractivity contribution in [1.82, 2.24) is 20.3 Å². The second-order valence-corrected chi connectivity index (χ2v) is 9.54. The predicted octanol–water partition coefficient (Wildman–Crippen LogP) is 4.77. The van der Waals surface area contributed by atoms with Gasteiger partial charge in [-0.25, -0.2) is 4.98 Å². The Hall–Kier alpha value is -2.49. The summed E-state index contributed by atoms with van der Waals surface area (Å²) in [6.07, 6.45) is 0.996. The molecule has 3 aromatic rings. The summed E-state index contributed by atoms with van der Waals surface area (Å²) < 4.78 is 52.7. The van der Waals surface area contributed by atoms with E-state index in [0.29, 0.717) is 41.4 Å². The highest BCUT2D eigenvalue weighted by atomic mass is 19.4. The number of hydrogen-bond acceptors (Lipinski definition) is 5. The molecule has 2 saturated heterocycles. The van der Waals surface area contributed by atoms with Gasteiger partial charge in [0.15, 0.2) is 0 Å². The van der Waals surface area contributed by atoms with E-state index in [0.717, 1.165) is 38.3 Å². The van der Waals surface area contributed by atoms with Crippen molar-refractivity contribution in [3.05, 3.63) is 47.4 Å². The summed E-state index contributed by atoms with van der Waals surface area (Å²) >= 11 is 0. The molecule has 0 radical (unpaired) electrons. The molecule has 0 aromatic carbocycles. The van der Waals surface area contributed by atoms with Crippen LogP contribution < -0.4 is 5.32 Å². The molecule has 1 atom stereocenters. The van der Waals surface area contributed by atoms with E-state index in [1.165, 1.54) is 11.8 Å². The Balaban J connectivity index is 1.42. The largest absolute Gasteiger partial charge is 0.398 e. The Labute approximate surface area is 195 Å². The summed E-state index contributed by atoms with van der Waals surface area (Å²) in [5.74, 6) is 0.368. The predicted molar refractivity (Wildman–Crippen MR) is 121 cm³/mol. The third-order valence-electron chi connectivity index (χ3n) is 7.51. The second kappa shape index (κ2) is 8.32. The van der Waals surface area contributed by atoms with E-state index in [2.05, 4.69) is 21.4 Å². The number of aromatic nitrogens is 3. The lowest BCUT2D eigenvalue weighted by Gasteiger charge is -2.30. The maximum atomic E-state index is 13.8. The Morgan fingerprint density at radius 3 is 2.59 bits per heavy atom. The lowest BCUT2D eigenvalue weighted by Crippen LogP contribution is -2.36. The van der Waals surface area contributed by atoms with Crippen LogP contribution in [0.1, 0.15) is 54.5 Å². The number of halogens is 3. The van der Waals surface area contributed by atoms with Crippen LogP contribution in [0.15, 0.2) is 30.6 Å². The third-order valence-corrected chi connectivity index (χ3v) is 7.51. The third kappa shape index (κ3) is 3.70. The molecule has 180 valence electrons. The van der Waals surface area contributed by atoms with Crippen molar-refractivity contribution >= 4 is 11.0 Å². The van der Waals surface area contributed by atoms with Crippen LogP contribution in [-0.4, -0.2) is 54.1 Å². The molecular weight excluding hydrogens is 445 g/mol. The van der Waals surface area contributed by atoms with Crippen LogP contribution >= 0.6 is 0 Å². The van der Waals surface area contributed by atoms with E-state index < -0.39 is 11.6 Å². The van der Waals surface area contributed by atoms with E-state index in [1.807, 2.05) is 6.07 Å². The second-order valence-electron chi connectivity index (χ2n) is 9.54. The fraction of sp³-hybridized carbons (Fsp3) is 0.520. The van der Waals surface area contributed by atoms with Gasteiger partial charge in [0, 0.05) is 43.1 Å². The number of alkyl halides is 3. The first-order valence-corrected chi connectivity index (χ1v) is 11.9. The summed E-state index contributed by atoms with van der Waals surface area (Å²) in [5, 5.41) is 4.03. The summed E-state index contributed by atoms with van der Waals surface area (Å²) in [6, 6.07) is 5.85. The van der Waals surface area contributed by atoms with E-state index in [1.54, 1.807) is 12.3 Å². The van der Waals surface area contributed by atoms with Gasteiger partial charge in [-0.1, -0.05) is 6.07 Å². The molecule has 2 aliphatic heterocycles. The van der Waals surface area contributed by atoms with E-state index in [4.69, 9.17) is 14.5 Å². The molecule has 1 aliphatic carbocycles. The zero-order chi connectivity index (χ0) is 23.3. The van der Waals surface area contributed by atoms with Gasteiger partial charge in [0.2, 0.25) is 0 Å². The van der Waals surface area contributed by atoms with Crippen LogP contribution in [0.4, 0.5) is 13.2 Å². The summed E-state index contributed by atoms with van der Waals surface area (Å²) in [6.45, 7) is 3.43. The highest BCUT2D eigenvalue weighted by Crippen LogP contribution is 2.60. The van der Waals surface area contributed by atoms with Crippen LogP contribution in [0.25, 0.3) is 22.3 Å². The Kier molecular flexibility index (Phi) is 5.38. The van der Waals surface area contributed by atoms with Gasteiger partial charge in [0.1, 0.15) is 5.65 Å². The Bertz CT molecular complexity index is 1190. The number of fused-ring (bicyclic) bond motifs is 1. The van der Waals surface area contributed by atoms with Gasteiger partial charge in [-0.15, -0.1) is 0 Å². The zero-order valence-electron chi connectivity index (χ0n) is 18.8. The number of ether oxygens (including phenoxy) is 2. The fourth-order valence-electron chi connectivity index (χ4n) is 5.39. The van der Waals surface area contributed by atoms with Crippen molar-refractivity contribution in [3.8, 4) is 11.3 Å². The molecule has 6 nitrogen and oxygen atoms in total. The standard InChI is InChI=1S/C25H27F3N4O2/c26-25(27,28)24(5-6-24)19-13-31-23-18(19)11-16(12-30-23)20-2-1-17(15-3-8-33-9-4-15)22(32-20)21-14-34-10-7-29-21/h1-2,11-13,15,21,29H,3-10,14H2,(H,30,31)/t21-/m0/s1. The first-order chi connectivity index (χ1) is 16.5.